The summed E-state index contributed by atoms with van der Waals surface area (Å²) < 4.78 is 25.5. The molecule has 0 aliphatic rings. The molecular weight excluding hydrogens is 424 g/mol. The third-order valence-electron chi connectivity index (χ3n) is 3.74. The molecular formula is C16H13BrN4O4S. The van der Waals surface area contributed by atoms with E-state index in [1.54, 1.807) is 6.20 Å². The molecule has 2 N–H and O–H groups in total. The van der Waals surface area contributed by atoms with Gasteiger partial charge in [-0.3, -0.25) is 10.1 Å². The molecule has 0 amide bonds. The molecule has 0 fully saturated rings. The number of benzene rings is 2. The Morgan fingerprint density at radius 2 is 2.04 bits per heavy atom. The number of nitrogens with zero attached hydrogens (tertiary/aromatic N) is 2. The van der Waals surface area contributed by atoms with Gasteiger partial charge in [0.1, 0.15) is 0 Å². The number of aromatic nitrogens is 1. The zero-order chi connectivity index (χ0) is 18.9. The Hall–Kier alpha value is -2.72. The quantitative estimate of drug-likeness (QED) is 0.361. The first kappa shape index (κ1) is 18.1. The Bertz CT molecular complexity index is 1140. The molecule has 0 spiro atoms. The number of aromatic amines is 1. The van der Waals surface area contributed by atoms with Gasteiger partial charge in [0.25, 0.3) is 15.7 Å². The van der Waals surface area contributed by atoms with E-state index in [0.29, 0.717) is 11.1 Å². The lowest BCUT2D eigenvalue weighted by Gasteiger charge is -2.04. The highest BCUT2D eigenvalue weighted by molar-refractivity contribution is 9.10. The van der Waals surface area contributed by atoms with Crippen molar-refractivity contribution in [1.29, 1.82) is 0 Å². The minimum Gasteiger partial charge on any atom is -0.361 e. The molecule has 134 valence electrons. The van der Waals surface area contributed by atoms with Crippen molar-refractivity contribution in [3.63, 3.8) is 0 Å². The first-order valence-electron chi connectivity index (χ1n) is 7.34. The molecule has 1 heterocycles. The van der Waals surface area contributed by atoms with Gasteiger partial charge in [0.2, 0.25) is 0 Å². The van der Waals surface area contributed by atoms with Crippen molar-refractivity contribution in [3.8, 4) is 0 Å². The summed E-state index contributed by atoms with van der Waals surface area (Å²) in [4.78, 5) is 15.3. The Labute approximate surface area is 157 Å². The summed E-state index contributed by atoms with van der Waals surface area (Å²) >= 11 is 3.38. The number of H-pyrrole nitrogens is 1. The van der Waals surface area contributed by atoms with Crippen molar-refractivity contribution in [3.05, 3.63) is 68.3 Å². The minimum absolute atomic E-state index is 0.228. The van der Waals surface area contributed by atoms with Gasteiger partial charge in [-0.2, -0.15) is 13.5 Å². The molecule has 0 radical (unpaired) electrons. The van der Waals surface area contributed by atoms with Crippen LogP contribution in [0.25, 0.3) is 10.9 Å². The van der Waals surface area contributed by atoms with Crippen molar-refractivity contribution >= 4 is 48.8 Å². The number of fused-ring (bicyclic) bond motifs is 1. The second-order valence-electron chi connectivity index (χ2n) is 5.49. The molecule has 0 bridgehead atoms. The van der Waals surface area contributed by atoms with Crippen LogP contribution in [0, 0.1) is 17.0 Å². The lowest BCUT2D eigenvalue weighted by Crippen LogP contribution is -2.18. The summed E-state index contributed by atoms with van der Waals surface area (Å²) in [5.41, 5.74) is 1.69. The maximum atomic E-state index is 12.3. The van der Waals surface area contributed by atoms with E-state index in [9.17, 15) is 18.5 Å². The van der Waals surface area contributed by atoms with Crippen LogP contribution in [0.15, 0.2) is 57.1 Å². The highest BCUT2D eigenvalue weighted by atomic mass is 79.9. The topological polar surface area (TPSA) is 117 Å². The van der Waals surface area contributed by atoms with E-state index in [0.717, 1.165) is 21.4 Å². The van der Waals surface area contributed by atoms with Crippen LogP contribution in [-0.2, 0) is 10.0 Å². The fourth-order valence-electron chi connectivity index (χ4n) is 2.39. The van der Waals surface area contributed by atoms with E-state index in [-0.39, 0.29) is 10.6 Å². The van der Waals surface area contributed by atoms with Gasteiger partial charge < -0.3 is 4.98 Å². The number of halogens is 1. The summed E-state index contributed by atoms with van der Waals surface area (Å²) in [5.74, 6) is 0. The van der Waals surface area contributed by atoms with Gasteiger partial charge in [0, 0.05) is 38.8 Å². The SMILES string of the molecule is Cc1ccc(S(=O)(=O)N/N=C\c2c[nH]c3ccc(Br)cc23)cc1[N+](=O)[O-]. The average molecular weight is 437 g/mol. The second-order valence-corrected chi connectivity index (χ2v) is 8.07. The normalized spacial score (nSPS) is 11.9. The van der Waals surface area contributed by atoms with Crippen LogP contribution < -0.4 is 4.83 Å². The number of hydrogen-bond donors (Lipinski definition) is 2. The summed E-state index contributed by atoms with van der Waals surface area (Å²) in [7, 11) is -4.02. The van der Waals surface area contributed by atoms with Crippen LogP contribution >= 0.6 is 15.9 Å². The highest BCUT2D eigenvalue weighted by Crippen LogP contribution is 2.23. The Balaban J connectivity index is 1.86. The number of nitrogens with one attached hydrogen (secondary N) is 2. The number of nitro benzene ring substituents is 1. The number of hydrogen-bond acceptors (Lipinski definition) is 5. The monoisotopic (exact) mass is 436 g/mol. The molecule has 2 aromatic carbocycles. The molecule has 0 aliphatic heterocycles. The van der Waals surface area contributed by atoms with Gasteiger partial charge in [-0.15, -0.1) is 0 Å². The van der Waals surface area contributed by atoms with Crippen LogP contribution in [0.3, 0.4) is 0 Å². The fraction of sp³-hybridized carbons (Fsp3) is 0.0625. The summed E-state index contributed by atoms with van der Waals surface area (Å²) in [6.07, 6.45) is 3.07. The molecule has 0 atom stereocenters. The highest BCUT2D eigenvalue weighted by Gasteiger charge is 2.19. The molecule has 8 nitrogen and oxygen atoms in total. The molecule has 0 saturated heterocycles. The standard InChI is InChI=1S/C16H13BrN4O4S/c1-10-2-4-13(7-16(10)21(22)23)26(24,25)20-19-9-11-8-18-15-5-3-12(17)6-14(11)15/h2-9,18,20H,1H3/b19-9-. The first-order valence-corrected chi connectivity index (χ1v) is 9.62. The molecule has 10 heteroatoms. The van der Waals surface area contributed by atoms with Gasteiger partial charge in [0.15, 0.2) is 0 Å². The van der Waals surface area contributed by atoms with E-state index in [4.69, 9.17) is 0 Å². The van der Waals surface area contributed by atoms with Crippen LogP contribution in [0.4, 0.5) is 5.69 Å². The Morgan fingerprint density at radius 1 is 1.27 bits per heavy atom. The zero-order valence-corrected chi connectivity index (χ0v) is 15.8. The number of rotatable bonds is 5. The maximum absolute atomic E-state index is 12.3. The Morgan fingerprint density at radius 3 is 2.77 bits per heavy atom. The van der Waals surface area contributed by atoms with E-state index >= 15 is 0 Å². The number of hydrazone groups is 1. The van der Waals surface area contributed by atoms with E-state index in [2.05, 4.69) is 30.8 Å². The van der Waals surface area contributed by atoms with E-state index in [1.165, 1.54) is 25.3 Å². The lowest BCUT2D eigenvalue weighted by atomic mass is 10.2. The number of aryl methyl sites for hydroxylation is 1. The van der Waals surface area contributed by atoms with Crippen molar-refractivity contribution in [2.45, 2.75) is 11.8 Å². The minimum atomic E-state index is -4.02. The largest absolute Gasteiger partial charge is 0.361 e. The summed E-state index contributed by atoms with van der Waals surface area (Å²) in [5, 5.41) is 15.6. The first-order chi connectivity index (χ1) is 12.3. The van der Waals surface area contributed by atoms with Crippen LogP contribution in [0.2, 0.25) is 0 Å². The molecule has 1 aromatic heterocycles. The fourth-order valence-corrected chi connectivity index (χ4v) is 3.56. The van der Waals surface area contributed by atoms with Crippen molar-refractivity contribution in [1.82, 2.24) is 9.82 Å². The number of nitro groups is 1. The third-order valence-corrected chi connectivity index (χ3v) is 5.45. The van der Waals surface area contributed by atoms with Crippen LogP contribution in [0.1, 0.15) is 11.1 Å². The Kier molecular flexibility index (Phi) is 4.79. The predicted molar refractivity (Wildman–Crippen MR) is 102 cm³/mol. The molecule has 3 aromatic rings. The molecule has 0 saturated carbocycles. The van der Waals surface area contributed by atoms with Crippen molar-refractivity contribution < 1.29 is 13.3 Å². The van der Waals surface area contributed by atoms with Crippen LogP contribution in [-0.4, -0.2) is 24.5 Å². The van der Waals surface area contributed by atoms with Crippen molar-refractivity contribution in [2.75, 3.05) is 0 Å². The maximum Gasteiger partial charge on any atom is 0.276 e. The second kappa shape index (κ2) is 6.89. The summed E-state index contributed by atoms with van der Waals surface area (Å²) in [6, 6.07) is 9.33. The molecule has 0 unspecified atom stereocenters. The summed E-state index contributed by atoms with van der Waals surface area (Å²) in [6.45, 7) is 1.54. The van der Waals surface area contributed by atoms with Crippen molar-refractivity contribution in [2.24, 2.45) is 5.10 Å². The molecule has 26 heavy (non-hydrogen) atoms. The van der Waals surface area contributed by atoms with Crippen LogP contribution in [0.5, 0.6) is 0 Å². The van der Waals surface area contributed by atoms with Gasteiger partial charge in [-0.25, -0.2) is 4.83 Å². The molecule has 3 rings (SSSR count). The van der Waals surface area contributed by atoms with E-state index < -0.39 is 14.9 Å². The number of sulfonamides is 1. The van der Waals surface area contributed by atoms with Gasteiger partial charge in [-0.1, -0.05) is 22.0 Å². The smallest absolute Gasteiger partial charge is 0.276 e. The lowest BCUT2D eigenvalue weighted by molar-refractivity contribution is -0.385. The van der Waals surface area contributed by atoms with Gasteiger partial charge in [0.05, 0.1) is 16.0 Å². The van der Waals surface area contributed by atoms with E-state index in [1.807, 2.05) is 18.2 Å². The van der Waals surface area contributed by atoms with Gasteiger partial charge >= 0.3 is 0 Å². The zero-order valence-electron chi connectivity index (χ0n) is 13.4. The predicted octanol–water partition coefficient (Wildman–Crippen LogP) is 3.46. The molecule has 0 aliphatic carbocycles. The van der Waals surface area contributed by atoms with Gasteiger partial charge in [-0.05, 0) is 31.2 Å². The average Bonchev–Trinajstić information content (AvgIpc) is 2.97. The third kappa shape index (κ3) is 3.60.